The van der Waals surface area contributed by atoms with Crippen LogP contribution in [0.15, 0.2) is 24.3 Å². The van der Waals surface area contributed by atoms with Gasteiger partial charge < -0.3 is 9.80 Å². The van der Waals surface area contributed by atoms with Crippen LogP contribution in [0, 0.1) is 6.92 Å². The smallest absolute Gasteiger partial charge is 0.222 e. The Morgan fingerprint density at radius 2 is 1.95 bits per heavy atom. The average Bonchev–Trinajstić information content (AvgIpc) is 2.97. The first-order chi connectivity index (χ1) is 9.66. The van der Waals surface area contributed by atoms with Crippen LogP contribution in [-0.4, -0.2) is 48.9 Å². The topological polar surface area (TPSA) is 23.6 Å². The number of carbonyl (C=O) groups is 1. The minimum Gasteiger partial charge on any atom is -0.344 e. The fraction of sp³-hybridized carbons (Fsp3) is 0.588. The van der Waals surface area contributed by atoms with Gasteiger partial charge in [0.05, 0.1) is 0 Å². The van der Waals surface area contributed by atoms with E-state index in [0.29, 0.717) is 6.42 Å². The Hall–Kier alpha value is -1.35. The predicted molar refractivity (Wildman–Crippen MR) is 82.8 cm³/mol. The Kier molecular flexibility index (Phi) is 5.60. The maximum Gasteiger partial charge on any atom is 0.222 e. The first kappa shape index (κ1) is 15.0. The molecular weight excluding hydrogens is 248 g/mol. The zero-order valence-electron chi connectivity index (χ0n) is 12.8. The summed E-state index contributed by atoms with van der Waals surface area (Å²) in [4.78, 5) is 16.5. The van der Waals surface area contributed by atoms with Crippen molar-refractivity contribution in [3.63, 3.8) is 0 Å². The molecule has 0 N–H and O–H groups in total. The van der Waals surface area contributed by atoms with Gasteiger partial charge in [-0.1, -0.05) is 24.3 Å². The van der Waals surface area contributed by atoms with Crippen LogP contribution in [-0.2, 0) is 11.2 Å². The molecule has 0 aromatic heterocycles. The molecule has 0 unspecified atom stereocenters. The highest BCUT2D eigenvalue weighted by molar-refractivity contribution is 5.76. The molecule has 3 nitrogen and oxygen atoms in total. The molecule has 1 aliphatic heterocycles. The lowest BCUT2D eigenvalue weighted by Gasteiger charge is -2.21. The van der Waals surface area contributed by atoms with E-state index in [-0.39, 0.29) is 5.91 Å². The molecule has 1 aromatic carbocycles. The highest BCUT2D eigenvalue weighted by Crippen LogP contribution is 2.11. The number of aryl methyl sites for hydroxylation is 2. The molecule has 1 amide bonds. The molecular formula is C17H26N2O. The minimum atomic E-state index is 0.257. The van der Waals surface area contributed by atoms with Gasteiger partial charge in [0.25, 0.3) is 0 Å². The second kappa shape index (κ2) is 7.44. The van der Waals surface area contributed by atoms with Crippen LogP contribution in [0.1, 0.15) is 30.4 Å². The van der Waals surface area contributed by atoms with E-state index in [2.05, 4.69) is 24.0 Å². The zero-order valence-corrected chi connectivity index (χ0v) is 12.8. The molecule has 3 heteroatoms. The summed E-state index contributed by atoms with van der Waals surface area (Å²) >= 11 is 0. The van der Waals surface area contributed by atoms with E-state index in [1.165, 1.54) is 37.1 Å². The number of nitrogens with zero attached hydrogens (tertiary/aromatic N) is 2. The number of hydrogen-bond acceptors (Lipinski definition) is 2. The van der Waals surface area contributed by atoms with Gasteiger partial charge >= 0.3 is 0 Å². The van der Waals surface area contributed by atoms with Crippen molar-refractivity contribution < 1.29 is 4.79 Å². The summed E-state index contributed by atoms with van der Waals surface area (Å²) in [5, 5.41) is 0. The molecule has 1 heterocycles. The molecule has 0 bridgehead atoms. The lowest BCUT2D eigenvalue weighted by molar-refractivity contribution is -0.130. The molecule has 1 saturated heterocycles. The Morgan fingerprint density at radius 3 is 2.65 bits per heavy atom. The summed E-state index contributed by atoms with van der Waals surface area (Å²) in [6.07, 6.45) is 4.08. The maximum atomic E-state index is 12.1. The van der Waals surface area contributed by atoms with Gasteiger partial charge in [-0.2, -0.15) is 0 Å². The van der Waals surface area contributed by atoms with Crippen LogP contribution in [0.3, 0.4) is 0 Å². The number of likely N-dealkylation sites (tertiary alicyclic amines) is 1. The molecule has 0 aliphatic carbocycles. The highest BCUT2D eigenvalue weighted by Gasteiger charge is 2.14. The molecule has 0 spiro atoms. The van der Waals surface area contributed by atoms with E-state index >= 15 is 0 Å². The highest BCUT2D eigenvalue weighted by atomic mass is 16.2. The van der Waals surface area contributed by atoms with Gasteiger partial charge in [0.15, 0.2) is 0 Å². The fourth-order valence-electron chi connectivity index (χ4n) is 2.75. The molecule has 1 aromatic rings. The molecule has 0 atom stereocenters. The molecule has 2 rings (SSSR count). The number of hydrogen-bond donors (Lipinski definition) is 0. The van der Waals surface area contributed by atoms with E-state index in [4.69, 9.17) is 0 Å². The molecule has 110 valence electrons. The molecule has 20 heavy (non-hydrogen) atoms. The number of likely N-dealkylation sites (N-methyl/N-ethyl adjacent to an activating group) is 1. The largest absolute Gasteiger partial charge is 0.344 e. The summed E-state index contributed by atoms with van der Waals surface area (Å²) in [5.41, 5.74) is 2.56. The fourth-order valence-corrected chi connectivity index (χ4v) is 2.75. The quantitative estimate of drug-likeness (QED) is 0.795. The third-order valence-corrected chi connectivity index (χ3v) is 4.25. The van der Waals surface area contributed by atoms with Gasteiger partial charge in [-0.3, -0.25) is 4.79 Å². The van der Waals surface area contributed by atoms with E-state index < -0.39 is 0 Å². The Morgan fingerprint density at radius 1 is 1.25 bits per heavy atom. The normalized spacial score (nSPS) is 15.5. The Labute approximate surface area is 122 Å². The third-order valence-electron chi connectivity index (χ3n) is 4.25. The standard InChI is InChI=1S/C17H26N2O/c1-15-7-3-4-8-16(15)9-10-17(20)18(2)13-14-19-11-5-6-12-19/h3-4,7-8H,5-6,9-14H2,1-2H3. The van der Waals surface area contributed by atoms with Crippen LogP contribution in [0.2, 0.25) is 0 Å². The van der Waals surface area contributed by atoms with Gasteiger partial charge in [-0.25, -0.2) is 0 Å². The van der Waals surface area contributed by atoms with E-state index in [0.717, 1.165) is 19.5 Å². The average molecular weight is 274 g/mol. The lowest BCUT2D eigenvalue weighted by Crippen LogP contribution is -2.35. The van der Waals surface area contributed by atoms with Gasteiger partial charge in [-0.15, -0.1) is 0 Å². The Bertz CT molecular complexity index is 438. The molecule has 1 fully saturated rings. The van der Waals surface area contributed by atoms with E-state index in [9.17, 15) is 4.79 Å². The van der Waals surface area contributed by atoms with Crippen molar-refractivity contribution in [3.05, 3.63) is 35.4 Å². The summed E-state index contributed by atoms with van der Waals surface area (Å²) in [6, 6.07) is 8.32. The first-order valence-electron chi connectivity index (χ1n) is 7.67. The van der Waals surface area contributed by atoms with Crippen LogP contribution in [0.4, 0.5) is 0 Å². The number of rotatable bonds is 6. The Balaban J connectivity index is 1.72. The SMILES string of the molecule is Cc1ccccc1CCC(=O)N(C)CCN1CCCC1. The second-order valence-corrected chi connectivity index (χ2v) is 5.79. The van der Waals surface area contributed by atoms with Crippen LogP contribution >= 0.6 is 0 Å². The second-order valence-electron chi connectivity index (χ2n) is 5.79. The molecule has 1 aliphatic rings. The zero-order chi connectivity index (χ0) is 14.4. The van der Waals surface area contributed by atoms with Crippen LogP contribution < -0.4 is 0 Å². The van der Waals surface area contributed by atoms with Crippen molar-refractivity contribution in [3.8, 4) is 0 Å². The van der Waals surface area contributed by atoms with Crippen LogP contribution in [0.5, 0.6) is 0 Å². The van der Waals surface area contributed by atoms with Crippen molar-refractivity contribution in [1.29, 1.82) is 0 Å². The third kappa shape index (κ3) is 4.34. The van der Waals surface area contributed by atoms with Crippen molar-refractivity contribution in [2.45, 2.75) is 32.6 Å². The molecule has 0 saturated carbocycles. The minimum absolute atomic E-state index is 0.257. The summed E-state index contributed by atoms with van der Waals surface area (Å²) < 4.78 is 0. The number of benzene rings is 1. The summed E-state index contributed by atoms with van der Waals surface area (Å²) in [6.45, 7) is 6.38. The number of amides is 1. The van der Waals surface area contributed by atoms with E-state index in [1.54, 1.807) is 0 Å². The maximum absolute atomic E-state index is 12.1. The predicted octanol–water partition coefficient (Wildman–Crippen LogP) is 2.48. The van der Waals surface area contributed by atoms with E-state index in [1.807, 2.05) is 24.1 Å². The summed E-state index contributed by atoms with van der Waals surface area (Å²) in [7, 11) is 1.93. The van der Waals surface area contributed by atoms with Gasteiger partial charge in [-0.05, 0) is 50.4 Å². The van der Waals surface area contributed by atoms with Crippen molar-refractivity contribution in [1.82, 2.24) is 9.80 Å². The monoisotopic (exact) mass is 274 g/mol. The first-order valence-corrected chi connectivity index (χ1v) is 7.67. The number of carbonyl (C=O) groups excluding carboxylic acids is 1. The summed E-state index contributed by atoms with van der Waals surface area (Å²) in [5.74, 6) is 0.257. The van der Waals surface area contributed by atoms with Gasteiger partial charge in [0, 0.05) is 26.6 Å². The van der Waals surface area contributed by atoms with Crippen molar-refractivity contribution in [2.24, 2.45) is 0 Å². The van der Waals surface area contributed by atoms with Crippen LogP contribution in [0.25, 0.3) is 0 Å². The van der Waals surface area contributed by atoms with Crippen molar-refractivity contribution >= 4 is 5.91 Å². The van der Waals surface area contributed by atoms with Gasteiger partial charge in [0.1, 0.15) is 0 Å². The lowest BCUT2D eigenvalue weighted by atomic mass is 10.0. The van der Waals surface area contributed by atoms with Gasteiger partial charge in [0.2, 0.25) is 5.91 Å². The molecule has 0 radical (unpaired) electrons. The van der Waals surface area contributed by atoms with Crippen molar-refractivity contribution in [2.75, 3.05) is 33.2 Å².